The number of amides is 2. The molecule has 48 heavy (non-hydrogen) atoms. The van der Waals surface area contributed by atoms with E-state index in [2.05, 4.69) is 10.6 Å². The fraction of sp³-hybridized carbons (Fsp3) is 0.424. The van der Waals surface area contributed by atoms with Crippen molar-refractivity contribution in [2.45, 2.75) is 57.5 Å². The van der Waals surface area contributed by atoms with E-state index in [1.54, 1.807) is 34.6 Å². The smallest absolute Gasteiger partial charge is 0.423 e. The summed E-state index contributed by atoms with van der Waals surface area (Å²) in [7, 11) is 1.27. The topological polar surface area (TPSA) is 148 Å². The molecule has 4 N–H and O–H groups in total. The summed E-state index contributed by atoms with van der Waals surface area (Å²) in [6.07, 6.45) is -4.24. The Balaban J connectivity index is 2.09. The van der Waals surface area contributed by atoms with E-state index in [0.29, 0.717) is 0 Å². The summed E-state index contributed by atoms with van der Waals surface area (Å²) in [6, 6.07) is 8.18. The Bertz CT molecular complexity index is 1670. The molecule has 0 aliphatic rings. The van der Waals surface area contributed by atoms with Gasteiger partial charge in [-0.15, -0.1) is 0 Å². The van der Waals surface area contributed by atoms with Crippen LogP contribution in [0.15, 0.2) is 59.7 Å². The molecule has 3 rings (SSSR count). The van der Waals surface area contributed by atoms with E-state index in [1.165, 1.54) is 48.2 Å². The minimum absolute atomic E-state index is 0.0528. The van der Waals surface area contributed by atoms with Crippen LogP contribution >= 0.6 is 0 Å². The number of rotatable bonds is 12. The first-order valence-corrected chi connectivity index (χ1v) is 14.7. The number of carbonyl (C=O) groups is 2. The summed E-state index contributed by atoms with van der Waals surface area (Å²) in [4.78, 5) is 39.1. The van der Waals surface area contributed by atoms with Crippen molar-refractivity contribution in [1.82, 2.24) is 15.2 Å². The van der Waals surface area contributed by atoms with Crippen LogP contribution in [0.2, 0.25) is 0 Å². The zero-order valence-electron chi connectivity index (χ0n) is 27.3. The van der Waals surface area contributed by atoms with Gasteiger partial charge in [-0.2, -0.15) is 13.2 Å². The molecule has 0 saturated carbocycles. The summed E-state index contributed by atoms with van der Waals surface area (Å²) in [6.45, 7) is 6.02. The molecule has 0 bridgehead atoms. The summed E-state index contributed by atoms with van der Waals surface area (Å²) >= 11 is 0. The second kappa shape index (κ2) is 14.6. The van der Waals surface area contributed by atoms with Gasteiger partial charge in [-0.1, -0.05) is 12.1 Å². The molecule has 0 aliphatic heterocycles. The number of carbonyl (C=O) groups excluding carboxylic acids is 2. The number of alkyl halides is 3. The Hall–Kier alpha value is -4.63. The zero-order valence-corrected chi connectivity index (χ0v) is 27.3. The lowest BCUT2D eigenvalue weighted by Gasteiger charge is -2.34. The summed E-state index contributed by atoms with van der Waals surface area (Å²) in [5, 5.41) is 24.9. The van der Waals surface area contributed by atoms with Gasteiger partial charge < -0.3 is 39.6 Å². The van der Waals surface area contributed by atoms with Gasteiger partial charge >= 0.3 is 12.3 Å². The number of aliphatic hydroxyl groups is 2. The van der Waals surface area contributed by atoms with Crippen molar-refractivity contribution in [2.75, 3.05) is 33.4 Å². The summed E-state index contributed by atoms with van der Waals surface area (Å²) in [5.41, 5.74) is -8.74. The van der Waals surface area contributed by atoms with E-state index in [1.807, 2.05) is 0 Å². The Labute approximate surface area is 274 Å². The summed E-state index contributed by atoms with van der Waals surface area (Å²) in [5.74, 6) is -1.48. The van der Waals surface area contributed by atoms with Gasteiger partial charge in [0.2, 0.25) is 5.60 Å². The van der Waals surface area contributed by atoms with Gasteiger partial charge in [-0.05, 0) is 70.5 Å². The molecule has 1 aromatic heterocycles. The molecule has 11 nitrogen and oxygen atoms in total. The van der Waals surface area contributed by atoms with Gasteiger partial charge in [0.1, 0.15) is 18.0 Å². The van der Waals surface area contributed by atoms with E-state index in [9.17, 15) is 37.1 Å². The zero-order chi connectivity index (χ0) is 36.1. The van der Waals surface area contributed by atoms with Crippen LogP contribution in [0.3, 0.4) is 0 Å². The van der Waals surface area contributed by atoms with Gasteiger partial charge in [0.15, 0.2) is 16.9 Å². The molecule has 262 valence electrons. The molecule has 3 aromatic rings. The first-order chi connectivity index (χ1) is 22.2. The molecular weight excluding hydrogens is 642 g/mol. The van der Waals surface area contributed by atoms with E-state index in [-0.39, 0.29) is 47.9 Å². The van der Waals surface area contributed by atoms with Crippen molar-refractivity contribution in [3.8, 4) is 22.6 Å². The number of methoxy groups -OCH3 is 1. The van der Waals surface area contributed by atoms with E-state index >= 15 is 0 Å². The maximum atomic E-state index is 14.8. The Morgan fingerprint density at radius 1 is 0.917 bits per heavy atom. The number of alkyl carbamates (subject to hydrolysis) is 1. The van der Waals surface area contributed by atoms with Crippen LogP contribution in [0.25, 0.3) is 11.1 Å². The Morgan fingerprint density at radius 3 is 2.12 bits per heavy atom. The predicted octanol–water partition coefficient (Wildman–Crippen LogP) is 4.47. The molecule has 15 heteroatoms. The number of pyridine rings is 1. The monoisotopic (exact) mass is 681 g/mol. The van der Waals surface area contributed by atoms with Crippen LogP contribution in [0.1, 0.15) is 50.5 Å². The maximum absolute atomic E-state index is 14.8. The highest BCUT2D eigenvalue weighted by Crippen LogP contribution is 2.39. The minimum Gasteiger partial charge on any atom is -0.493 e. The quantitative estimate of drug-likeness (QED) is 0.205. The van der Waals surface area contributed by atoms with E-state index < -0.39 is 58.3 Å². The van der Waals surface area contributed by atoms with Crippen molar-refractivity contribution < 1.29 is 51.6 Å². The maximum Gasteiger partial charge on any atom is 0.423 e. The molecule has 0 saturated heterocycles. The Kier molecular flexibility index (Phi) is 11.5. The van der Waals surface area contributed by atoms with Crippen LogP contribution < -0.4 is 25.5 Å². The average Bonchev–Trinajstić information content (AvgIpc) is 3.00. The molecular formula is C33H39F4N3O8. The van der Waals surface area contributed by atoms with Crippen LogP contribution in [0, 0.1) is 5.82 Å². The number of ether oxygens (including phenoxy) is 3. The Morgan fingerprint density at radius 2 is 1.56 bits per heavy atom. The van der Waals surface area contributed by atoms with Gasteiger partial charge in [0.05, 0.1) is 31.4 Å². The third-order valence-corrected chi connectivity index (χ3v) is 7.14. The number of hydrogen-bond donors (Lipinski definition) is 4. The van der Waals surface area contributed by atoms with Gasteiger partial charge in [0.25, 0.3) is 5.91 Å². The highest BCUT2D eigenvalue weighted by atomic mass is 19.4. The minimum atomic E-state index is -5.49. The highest BCUT2D eigenvalue weighted by molar-refractivity contribution is 5.95. The summed E-state index contributed by atoms with van der Waals surface area (Å²) < 4.78 is 75.1. The van der Waals surface area contributed by atoms with E-state index in [0.717, 1.165) is 18.3 Å². The van der Waals surface area contributed by atoms with Crippen molar-refractivity contribution in [3.63, 3.8) is 0 Å². The molecule has 0 aliphatic carbocycles. The molecule has 1 atom stereocenters. The number of hydrogen-bond acceptors (Lipinski definition) is 8. The number of nitrogens with one attached hydrogen (secondary N) is 2. The normalized spacial score (nSPS) is 13.3. The van der Waals surface area contributed by atoms with Crippen molar-refractivity contribution in [3.05, 3.63) is 82.0 Å². The standard InChI is InChI=1S/C33H39F4N3O8/c1-30(2,3)48-29(44)39-18-31(4,5)40-16-23(20-7-10-22(34)11-8-20)27(42)24(17-40)32(45,33(35,36)37)19-38-28(43)21-9-12-25(47-14-13-41)26(15-21)46-6/h7-12,15-17,41,45H,13-14,18-19H2,1-6H3,(H,38,43)(H,39,44). The fourth-order valence-corrected chi connectivity index (χ4v) is 4.49. The van der Waals surface area contributed by atoms with E-state index in [4.69, 9.17) is 19.3 Å². The third kappa shape index (κ3) is 9.04. The lowest BCUT2D eigenvalue weighted by molar-refractivity contribution is -0.264. The predicted molar refractivity (Wildman–Crippen MR) is 168 cm³/mol. The van der Waals surface area contributed by atoms with Crippen LogP contribution in [0.5, 0.6) is 11.5 Å². The first-order valence-electron chi connectivity index (χ1n) is 14.7. The number of nitrogens with zero attached hydrogens (tertiary/aromatic N) is 1. The lowest BCUT2D eigenvalue weighted by Crippen LogP contribution is -2.54. The van der Waals surface area contributed by atoms with Crippen LogP contribution in [-0.4, -0.2) is 72.0 Å². The fourth-order valence-electron chi connectivity index (χ4n) is 4.49. The lowest BCUT2D eigenvalue weighted by atomic mass is 9.90. The molecule has 1 unspecified atom stereocenters. The number of aromatic nitrogens is 1. The van der Waals surface area contributed by atoms with Crippen molar-refractivity contribution in [2.24, 2.45) is 0 Å². The molecule has 0 radical (unpaired) electrons. The first kappa shape index (κ1) is 37.8. The average molecular weight is 682 g/mol. The third-order valence-electron chi connectivity index (χ3n) is 7.14. The molecule has 0 fully saturated rings. The molecule has 2 aromatic carbocycles. The van der Waals surface area contributed by atoms with Gasteiger partial charge in [-0.25, -0.2) is 9.18 Å². The second-order valence-electron chi connectivity index (χ2n) is 12.5. The molecule has 0 spiro atoms. The van der Waals surface area contributed by atoms with Gasteiger partial charge in [0, 0.05) is 30.1 Å². The largest absolute Gasteiger partial charge is 0.493 e. The molecule has 1 heterocycles. The van der Waals surface area contributed by atoms with Crippen molar-refractivity contribution in [1.29, 1.82) is 0 Å². The van der Waals surface area contributed by atoms with Gasteiger partial charge in [-0.3, -0.25) is 9.59 Å². The highest BCUT2D eigenvalue weighted by Gasteiger charge is 2.57. The second-order valence-corrected chi connectivity index (χ2v) is 12.5. The van der Waals surface area contributed by atoms with Crippen molar-refractivity contribution >= 4 is 12.0 Å². The van der Waals surface area contributed by atoms with Crippen LogP contribution in [-0.2, 0) is 15.9 Å². The van der Waals surface area contributed by atoms with Crippen LogP contribution in [0.4, 0.5) is 22.4 Å². The number of halogens is 4. The number of aliphatic hydroxyl groups excluding tert-OH is 1. The number of benzene rings is 2. The molecule has 2 amide bonds. The SMILES string of the molecule is COc1cc(C(=O)NCC(O)(c2cn(C(C)(C)CNC(=O)OC(C)(C)C)cc(-c3ccc(F)cc3)c2=O)C(F)(F)F)ccc1OCCO.